The molecule has 1 fully saturated rings. The van der Waals surface area contributed by atoms with Crippen LogP contribution in [0.15, 0.2) is 0 Å². The van der Waals surface area contributed by atoms with E-state index in [4.69, 9.17) is 9.84 Å². The van der Waals surface area contributed by atoms with E-state index in [2.05, 4.69) is 5.32 Å². The van der Waals surface area contributed by atoms with Gasteiger partial charge in [0.25, 0.3) is 0 Å². The SMILES string of the molecule is O=C(CC1COC1)NCCCO. The summed E-state index contributed by atoms with van der Waals surface area (Å²) in [6.45, 7) is 2.14. The first-order chi connectivity index (χ1) is 5.83. The van der Waals surface area contributed by atoms with Crippen LogP contribution in [0.25, 0.3) is 0 Å². The largest absolute Gasteiger partial charge is 0.396 e. The van der Waals surface area contributed by atoms with Gasteiger partial charge in [0.1, 0.15) is 0 Å². The van der Waals surface area contributed by atoms with Crippen LogP contribution in [0.2, 0.25) is 0 Å². The van der Waals surface area contributed by atoms with E-state index in [1.807, 2.05) is 0 Å². The van der Waals surface area contributed by atoms with Crippen LogP contribution in [-0.4, -0.2) is 37.4 Å². The molecule has 0 spiro atoms. The summed E-state index contributed by atoms with van der Waals surface area (Å²) in [5, 5.41) is 11.2. The number of carbonyl (C=O) groups is 1. The van der Waals surface area contributed by atoms with Gasteiger partial charge in [0.15, 0.2) is 0 Å². The van der Waals surface area contributed by atoms with E-state index < -0.39 is 0 Å². The highest BCUT2D eigenvalue weighted by Crippen LogP contribution is 2.13. The summed E-state index contributed by atoms with van der Waals surface area (Å²) in [6.07, 6.45) is 1.19. The normalized spacial score (nSPS) is 17.1. The number of rotatable bonds is 5. The van der Waals surface area contributed by atoms with Crippen molar-refractivity contribution in [2.45, 2.75) is 12.8 Å². The van der Waals surface area contributed by atoms with E-state index in [9.17, 15) is 4.79 Å². The Kier molecular flexibility index (Phi) is 4.04. The molecule has 0 atom stereocenters. The zero-order valence-electron chi connectivity index (χ0n) is 7.08. The zero-order valence-corrected chi connectivity index (χ0v) is 7.08. The van der Waals surface area contributed by atoms with E-state index in [1.54, 1.807) is 0 Å². The maximum Gasteiger partial charge on any atom is 0.220 e. The molecule has 1 heterocycles. The molecule has 0 unspecified atom stereocenters. The summed E-state index contributed by atoms with van der Waals surface area (Å²) in [6, 6.07) is 0. The molecule has 0 aliphatic carbocycles. The average molecular weight is 173 g/mol. The maximum atomic E-state index is 11.1. The lowest BCUT2D eigenvalue weighted by Crippen LogP contribution is -2.34. The molecule has 2 N–H and O–H groups in total. The Labute approximate surface area is 71.9 Å². The lowest BCUT2D eigenvalue weighted by molar-refractivity contribution is -0.126. The second kappa shape index (κ2) is 5.11. The molecule has 70 valence electrons. The molecular formula is C8H15NO3. The molecule has 0 bridgehead atoms. The van der Waals surface area contributed by atoms with Crippen molar-refractivity contribution in [3.63, 3.8) is 0 Å². The summed E-state index contributed by atoms with van der Waals surface area (Å²) < 4.78 is 4.94. The monoisotopic (exact) mass is 173 g/mol. The van der Waals surface area contributed by atoms with Crippen LogP contribution >= 0.6 is 0 Å². The molecule has 4 nitrogen and oxygen atoms in total. The molecule has 12 heavy (non-hydrogen) atoms. The number of aliphatic hydroxyl groups is 1. The molecule has 1 aliphatic rings. The zero-order chi connectivity index (χ0) is 8.81. The van der Waals surface area contributed by atoms with Crippen LogP contribution in [0.1, 0.15) is 12.8 Å². The van der Waals surface area contributed by atoms with E-state index in [0.717, 1.165) is 0 Å². The van der Waals surface area contributed by atoms with Crippen molar-refractivity contribution in [2.75, 3.05) is 26.4 Å². The second-order valence-electron chi connectivity index (χ2n) is 3.03. The molecule has 1 amide bonds. The Hall–Kier alpha value is -0.610. The number of aliphatic hydroxyl groups excluding tert-OH is 1. The fourth-order valence-electron chi connectivity index (χ4n) is 1.04. The predicted molar refractivity (Wildman–Crippen MR) is 43.6 cm³/mol. The molecule has 0 aromatic heterocycles. The molecule has 0 saturated carbocycles. The maximum absolute atomic E-state index is 11.1. The van der Waals surface area contributed by atoms with Crippen LogP contribution in [-0.2, 0) is 9.53 Å². The minimum absolute atomic E-state index is 0.0664. The standard InChI is InChI=1S/C8H15NO3/c10-3-1-2-9-8(11)4-7-5-12-6-7/h7,10H,1-6H2,(H,9,11). The number of ether oxygens (including phenoxy) is 1. The van der Waals surface area contributed by atoms with Gasteiger partial charge in [0, 0.05) is 25.5 Å². The third kappa shape index (κ3) is 3.19. The van der Waals surface area contributed by atoms with Gasteiger partial charge < -0.3 is 15.2 Å². The van der Waals surface area contributed by atoms with Crippen molar-refractivity contribution in [3.05, 3.63) is 0 Å². The molecular weight excluding hydrogens is 158 g/mol. The van der Waals surface area contributed by atoms with Crippen molar-refractivity contribution in [2.24, 2.45) is 5.92 Å². The van der Waals surface area contributed by atoms with E-state index in [-0.39, 0.29) is 12.5 Å². The number of carbonyl (C=O) groups excluding carboxylic acids is 1. The van der Waals surface area contributed by atoms with Crippen molar-refractivity contribution in [1.82, 2.24) is 5.32 Å². The summed E-state index contributed by atoms with van der Waals surface area (Å²) in [5.74, 6) is 0.482. The lowest BCUT2D eigenvalue weighted by Gasteiger charge is -2.25. The Balaban J connectivity index is 1.95. The third-order valence-electron chi connectivity index (χ3n) is 1.84. The van der Waals surface area contributed by atoms with E-state index in [1.165, 1.54) is 0 Å². The minimum Gasteiger partial charge on any atom is -0.396 e. The average Bonchev–Trinajstić information content (AvgIpc) is 1.98. The van der Waals surface area contributed by atoms with Crippen LogP contribution in [0, 0.1) is 5.92 Å². The van der Waals surface area contributed by atoms with Crippen molar-refractivity contribution in [3.8, 4) is 0 Å². The molecule has 1 saturated heterocycles. The quantitative estimate of drug-likeness (QED) is 0.552. The highest BCUT2D eigenvalue weighted by atomic mass is 16.5. The number of hydrogen-bond donors (Lipinski definition) is 2. The topological polar surface area (TPSA) is 58.6 Å². The van der Waals surface area contributed by atoms with Crippen LogP contribution in [0.3, 0.4) is 0 Å². The first kappa shape index (κ1) is 9.48. The molecule has 1 rings (SSSR count). The van der Waals surface area contributed by atoms with Crippen molar-refractivity contribution in [1.29, 1.82) is 0 Å². The van der Waals surface area contributed by atoms with E-state index >= 15 is 0 Å². The van der Waals surface area contributed by atoms with Gasteiger partial charge in [-0.1, -0.05) is 0 Å². The van der Waals surface area contributed by atoms with Crippen molar-refractivity contribution >= 4 is 5.91 Å². The van der Waals surface area contributed by atoms with Gasteiger partial charge in [-0.25, -0.2) is 0 Å². The third-order valence-corrected chi connectivity index (χ3v) is 1.84. The molecule has 0 radical (unpaired) electrons. The van der Waals surface area contributed by atoms with Crippen LogP contribution < -0.4 is 5.32 Å². The smallest absolute Gasteiger partial charge is 0.220 e. The number of amides is 1. The summed E-state index contributed by atoms with van der Waals surface area (Å²) in [4.78, 5) is 11.1. The Morgan fingerprint density at radius 2 is 2.33 bits per heavy atom. The van der Waals surface area contributed by atoms with Crippen LogP contribution in [0.5, 0.6) is 0 Å². The highest BCUT2D eigenvalue weighted by Gasteiger charge is 2.20. The van der Waals surface area contributed by atoms with Gasteiger partial charge in [0.05, 0.1) is 13.2 Å². The fraction of sp³-hybridized carbons (Fsp3) is 0.875. The van der Waals surface area contributed by atoms with Crippen molar-refractivity contribution < 1.29 is 14.6 Å². The number of nitrogens with one attached hydrogen (secondary N) is 1. The van der Waals surface area contributed by atoms with Gasteiger partial charge in [-0.3, -0.25) is 4.79 Å². The molecule has 1 aliphatic heterocycles. The highest BCUT2D eigenvalue weighted by molar-refractivity contribution is 5.76. The summed E-state index contributed by atoms with van der Waals surface area (Å²) in [7, 11) is 0. The molecule has 4 heteroatoms. The molecule has 0 aromatic carbocycles. The Morgan fingerprint density at radius 3 is 2.83 bits per heavy atom. The minimum atomic E-state index is 0.0664. The number of hydrogen-bond acceptors (Lipinski definition) is 3. The predicted octanol–water partition coefficient (Wildman–Crippen LogP) is -0.479. The Morgan fingerprint density at radius 1 is 1.58 bits per heavy atom. The van der Waals surface area contributed by atoms with E-state index in [0.29, 0.717) is 38.5 Å². The lowest BCUT2D eigenvalue weighted by atomic mass is 10.0. The van der Waals surface area contributed by atoms with Gasteiger partial charge in [-0.2, -0.15) is 0 Å². The first-order valence-electron chi connectivity index (χ1n) is 4.28. The van der Waals surface area contributed by atoms with Gasteiger partial charge >= 0.3 is 0 Å². The van der Waals surface area contributed by atoms with Gasteiger partial charge in [-0.05, 0) is 6.42 Å². The first-order valence-corrected chi connectivity index (χ1v) is 4.28. The van der Waals surface area contributed by atoms with Gasteiger partial charge in [-0.15, -0.1) is 0 Å². The summed E-state index contributed by atoms with van der Waals surface area (Å²) >= 11 is 0. The van der Waals surface area contributed by atoms with Crippen LogP contribution in [0.4, 0.5) is 0 Å². The fourth-order valence-corrected chi connectivity index (χ4v) is 1.04. The summed E-state index contributed by atoms with van der Waals surface area (Å²) in [5.41, 5.74) is 0. The second-order valence-corrected chi connectivity index (χ2v) is 3.03. The Bertz CT molecular complexity index is 145. The van der Waals surface area contributed by atoms with Gasteiger partial charge in [0.2, 0.25) is 5.91 Å². The molecule has 0 aromatic rings.